The maximum absolute atomic E-state index is 11.7. The zero-order valence-corrected chi connectivity index (χ0v) is 14.1. The van der Waals surface area contributed by atoms with Gasteiger partial charge in [-0.25, -0.2) is 9.97 Å². The van der Waals surface area contributed by atoms with Crippen molar-refractivity contribution in [1.29, 1.82) is 0 Å². The highest BCUT2D eigenvalue weighted by Gasteiger charge is 2.25. The van der Waals surface area contributed by atoms with Crippen LogP contribution in [0.1, 0.15) is 12.8 Å². The average molecular weight is 350 g/mol. The Bertz CT molecular complexity index is 933. The monoisotopic (exact) mass is 350 g/mol. The van der Waals surface area contributed by atoms with Crippen LogP contribution >= 0.6 is 0 Å². The third kappa shape index (κ3) is 3.13. The first kappa shape index (κ1) is 16.2. The van der Waals surface area contributed by atoms with Crippen LogP contribution in [-0.2, 0) is 0 Å². The van der Waals surface area contributed by atoms with Gasteiger partial charge in [0.2, 0.25) is 5.95 Å². The largest absolute Gasteiger partial charge is 0.375 e. The van der Waals surface area contributed by atoms with E-state index in [0.717, 1.165) is 19.4 Å². The summed E-state index contributed by atoms with van der Waals surface area (Å²) in [5.74, 6) is 0.691. The molecule has 3 aromatic rings. The topological polar surface area (TPSA) is 97.1 Å². The standard InChI is InChI=1S/C18H18N6O2/c25-24(26)17-14-5-1-8-19-15(14)6-7-16(17)22-13-4-2-11-23(12-13)18-20-9-3-10-21-18/h1,3,5-10,13,22H,2,4,11-12H2. The number of nitrogens with one attached hydrogen (secondary N) is 1. The second-order valence-electron chi connectivity index (χ2n) is 6.27. The molecule has 132 valence electrons. The van der Waals surface area contributed by atoms with Gasteiger partial charge in [-0.05, 0) is 43.2 Å². The number of nitro groups is 1. The summed E-state index contributed by atoms with van der Waals surface area (Å²) in [4.78, 5) is 26.2. The lowest BCUT2D eigenvalue weighted by Gasteiger charge is -2.33. The van der Waals surface area contributed by atoms with Gasteiger partial charge in [0.25, 0.3) is 0 Å². The molecule has 1 unspecified atom stereocenters. The molecule has 0 spiro atoms. The van der Waals surface area contributed by atoms with Gasteiger partial charge >= 0.3 is 5.69 Å². The number of fused-ring (bicyclic) bond motifs is 1. The fourth-order valence-electron chi connectivity index (χ4n) is 3.40. The van der Waals surface area contributed by atoms with Crippen molar-refractivity contribution in [3.8, 4) is 0 Å². The van der Waals surface area contributed by atoms with Gasteiger partial charge in [-0.2, -0.15) is 0 Å². The summed E-state index contributed by atoms with van der Waals surface area (Å²) in [6.45, 7) is 1.58. The summed E-state index contributed by atoms with van der Waals surface area (Å²) in [5.41, 5.74) is 1.22. The average Bonchev–Trinajstić information content (AvgIpc) is 2.68. The number of hydrogen-bond acceptors (Lipinski definition) is 7. The van der Waals surface area contributed by atoms with Crippen LogP contribution in [-0.4, -0.2) is 39.0 Å². The van der Waals surface area contributed by atoms with Crippen LogP contribution in [0.15, 0.2) is 48.9 Å². The number of rotatable bonds is 4. The Balaban J connectivity index is 1.61. The van der Waals surface area contributed by atoms with Gasteiger partial charge in [0.15, 0.2) is 0 Å². The minimum atomic E-state index is -0.340. The van der Waals surface area contributed by atoms with Crippen molar-refractivity contribution in [2.24, 2.45) is 0 Å². The van der Waals surface area contributed by atoms with E-state index in [0.29, 0.717) is 29.1 Å². The predicted octanol–water partition coefficient (Wildman–Crippen LogP) is 3.01. The maximum atomic E-state index is 11.7. The highest BCUT2D eigenvalue weighted by Crippen LogP contribution is 2.33. The van der Waals surface area contributed by atoms with Crippen LogP contribution in [0.5, 0.6) is 0 Å². The smallest absolute Gasteiger partial charge is 0.301 e. The number of aromatic nitrogens is 3. The van der Waals surface area contributed by atoms with Gasteiger partial charge in [-0.3, -0.25) is 15.1 Å². The molecular formula is C18H18N6O2. The van der Waals surface area contributed by atoms with E-state index in [9.17, 15) is 10.1 Å². The molecule has 0 amide bonds. The van der Waals surface area contributed by atoms with Crippen LogP contribution in [0.25, 0.3) is 10.9 Å². The molecule has 8 nitrogen and oxygen atoms in total. The van der Waals surface area contributed by atoms with Crippen molar-refractivity contribution >= 4 is 28.2 Å². The third-order valence-corrected chi connectivity index (χ3v) is 4.56. The van der Waals surface area contributed by atoms with Crippen molar-refractivity contribution < 1.29 is 4.92 Å². The Morgan fingerprint density at radius 1 is 1.12 bits per heavy atom. The second kappa shape index (κ2) is 6.91. The van der Waals surface area contributed by atoms with E-state index in [4.69, 9.17) is 0 Å². The van der Waals surface area contributed by atoms with E-state index in [2.05, 4.69) is 25.2 Å². The molecule has 0 saturated carbocycles. The molecule has 4 rings (SSSR count). The summed E-state index contributed by atoms with van der Waals surface area (Å²) in [6, 6.07) is 8.87. The van der Waals surface area contributed by atoms with Gasteiger partial charge < -0.3 is 10.2 Å². The van der Waals surface area contributed by atoms with Crippen LogP contribution < -0.4 is 10.2 Å². The summed E-state index contributed by atoms with van der Waals surface area (Å²) in [5, 5.41) is 15.6. The number of hydrogen-bond donors (Lipinski definition) is 1. The van der Waals surface area contributed by atoms with Crippen molar-refractivity contribution in [2.45, 2.75) is 18.9 Å². The Kier molecular flexibility index (Phi) is 4.30. The van der Waals surface area contributed by atoms with Gasteiger partial charge in [0.05, 0.1) is 15.8 Å². The molecule has 1 atom stereocenters. The van der Waals surface area contributed by atoms with Crippen LogP contribution in [0.2, 0.25) is 0 Å². The lowest BCUT2D eigenvalue weighted by molar-refractivity contribution is -0.382. The lowest BCUT2D eigenvalue weighted by Crippen LogP contribution is -2.43. The Morgan fingerprint density at radius 2 is 1.92 bits per heavy atom. The summed E-state index contributed by atoms with van der Waals surface area (Å²) in [7, 11) is 0. The van der Waals surface area contributed by atoms with E-state index >= 15 is 0 Å². The molecular weight excluding hydrogens is 332 g/mol. The van der Waals surface area contributed by atoms with Crippen LogP contribution in [0.3, 0.4) is 0 Å². The van der Waals surface area contributed by atoms with E-state index in [1.165, 1.54) is 0 Å². The first-order valence-electron chi connectivity index (χ1n) is 8.53. The molecule has 1 aromatic carbocycles. The molecule has 1 N–H and O–H groups in total. The molecule has 3 heterocycles. The number of piperidine rings is 1. The normalized spacial score (nSPS) is 17.2. The number of nitro benzene ring substituents is 1. The molecule has 0 bridgehead atoms. The van der Waals surface area contributed by atoms with Gasteiger partial charge in [-0.1, -0.05) is 0 Å². The lowest BCUT2D eigenvalue weighted by atomic mass is 10.0. The van der Waals surface area contributed by atoms with Gasteiger partial charge in [-0.15, -0.1) is 0 Å². The van der Waals surface area contributed by atoms with Crippen molar-refractivity contribution in [2.75, 3.05) is 23.3 Å². The van der Waals surface area contributed by atoms with Crippen molar-refractivity contribution in [3.63, 3.8) is 0 Å². The zero-order valence-electron chi connectivity index (χ0n) is 14.1. The summed E-state index contributed by atoms with van der Waals surface area (Å²) >= 11 is 0. The number of anilines is 2. The third-order valence-electron chi connectivity index (χ3n) is 4.56. The first-order chi connectivity index (χ1) is 12.7. The van der Waals surface area contributed by atoms with E-state index in [-0.39, 0.29) is 16.7 Å². The molecule has 1 saturated heterocycles. The van der Waals surface area contributed by atoms with Crippen LogP contribution in [0, 0.1) is 10.1 Å². The fraction of sp³-hybridized carbons (Fsp3) is 0.278. The van der Waals surface area contributed by atoms with Gasteiger partial charge in [0.1, 0.15) is 5.69 Å². The molecule has 26 heavy (non-hydrogen) atoms. The van der Waals surface area contributed by atoms with Gasteiger partial charge in [0, 0.05) is 37.7 Å². The van der Waals surface area contributed by atoms with Crippen LogP contribution in [0.4, 0.5) is 17.3 Å². The fourth-order valence-corrected chi connectivity index (χ4v) is 3.40. The quantitative estimate of drug-likeness (QED) is 0.570. The molecule has 0 aliphatic carbocycles. The highest BCUT2D eigenvalue weighted by atomic mass is 16.6. The van der Waals surface area contributed by atoms with E-state index in [1.54, 1.807) is 42.9 Å². The van der Waals surface area contributed by atoms with E-state index < -0.39 is 0 Å². The molecule has 1 fully saturated rings. The van der Waals surface area contributed by atoms with E-state index in [1.807, 2.05) is 6.07 Å². The second-order valence-corrected chi connectivity index (χ2v) is 6.27. The Hall–Kier alpha value is -3.29. The Morgan fingerprint density at radius 3 is 2.73 bits per heavy atom. The number of pyridine rings is 1. The number of benzene rings is 1. The molecule has 0 radical (unpaired) electrons. The maximum Gasteiger partial charge on any atom is 0.301 e. The predicted molar refractivity (Wildman–Crippen MR) is 99.3 cm³/mol. The molecule has 2 aromatic heterocycles. The van der Waals surface area contributed by atoms with Crippen molar-refractivity contribution in [3.05, 3.63) is 59.0 Å². The zero-order chi connectivity index (χ0) is 17.9. The molecule has 1 aliphatic rings. The summed E-state index contributed by atoms with van der Waals surface area (Å²) < 4.78 is 0. The highest BCUT2D eigenvalue weighted by molar-refractivity contribution is 5.94. The molecule has 8 heteroatoms. The Labute approximate surface area is 150 Å². The first-order valence-corrected chi connectivity index (χ1v) is 8.53. The molecule has 1 aliphatic heterocycles. The minimum absolute atomic E-state index is 0.0729. The SMILES string of the molecule is O=[N+]([O-])c1c(NC2CCCN(c3ncccn3)C2)ccc2ncccc12. The number of nitrogens with zero attached hydrogens (tertiary/aromatic N) is 5. The minimum Gasteiger partial charge on any atom is -0.375 e. The summed E-state index contributed by atoms with van der Waals surface area (Å²) in [6.07, 6.45) is 6.99. The van der Waals surface area contributed by atoms with Crippen molar-refractivity contribution in [1.82, 2.24) is 15.0 Å².